The molecule has 1 aliphatic rings. The van der Waals surface area contributed by atoms with Gasteiger partial charge in [0, 0.05) is 11.1 Å². The van der Waals surface area contributed by atoms with Gasteiger partial charge >= 0.3 is 0 Å². The van der Waals surface area contributed by atoms with Crippen molar-refractivity contribution in [3.8, 4) is 33.8 Å². The number of benzene rings is 3. The predicted octanol–water partition coefficient (Wildman–Crippen LogP) is 7.47. The van der Waals surface area contributed by atoms with Gasteiger partial charge in [-0.1, -0.05) is 106 Å². The molecule has 33 heavy (non-hydrogen) atoms. The van der Waals surface area contributed by atoms with E-state index in [2.05, 4.69) is 116 Å². The zero-order valence-corrected chi connectivity index (χ0v) is 20.0. The maximum atomic E-state index is 5.26. The fraction of sp³-hybridized carbons (Fsp3) is 0.290. The van der Waals surface area contributed by atoms with Crippen molar-refractivity contribution in [2.24, 2.45) is 5.92 Å². The van der Waals surface area contributed by atoms with Gasteiger partial charge in [-0.2, -0.15) is 4.57 Å². The van der Waals surface area contributed by atoms with Crippen LogP contribution >= 0.6 is 0 Å². The average molecular weight is 434 g/mol. The summed E-state index contributed by atoms with van der Waals surface area (Å²) < 4.78 is 2.51. The van der Waals surface area contributed by atoms with Crippen LogP contribution in [0.15, 0.2) is 91.1 Å². The molecule has 4 aromatic rings. The Morgan fingerprint density at radius 1 is 0.848 bits per heavy atom. The minimum Gasteiger partial charge on any atom is -0.234 e. The highest BCUT2D eigenvalue weighted by Gasteiger charge is 2.47. The molecule has 2 heterocycles. The first-order valence-corrected chi connectivity index (χ1v) is 12.3. The summed E-state index contributed by atoms with van der Waals surface area (Å²) in [6, 6.07) is 30.3. The lowest BCUT2D eigenvalue weighted by Crippen LogP contribution is -2.54. The molecule has 2 nitrogen and oxygen atoms in total. The van der Waals surface area contributed by atoms with Crippen LogP contribution in [0.5, 0.6) is 0 Å². The molecule has 5 rings (SSSR count). The molecule has 2 heteroatoms. The van der Waals surface area contributed by atoms with Gasteiger partial charge in [-0.15, -0.1) is 0 Å². The molecule has 1 aliphatic heterocycles. The van der Waals surface area contributed by atoms with Crippen LogP contribution in [0.25, 0.3) is 33.8 Å². The highest BCUT2D eigenvalue weighted by Crippen LogP contribution is 2.47. The van der Waals surface area contributed by atoms with E-state index in [4.69, 9.17) is 4.98 Å². The third-order valence-corrected chi connectivity index (χ3v) is 7.61. The van der Waals surface area contributed by atoms with Crippen LogP contribution in [-0.2, 0) is 12.0 Å². The van der Waals surface area contributed by atoms with Gasteiger partial charge in [-0.3, -0.25) is 0 Å². The third-order valence-electron chi connectivity index (χ3n) is 7.61. The van der Waals surface area contributed by atoms with Gasteiger partial charge in [0.15, 0.2) is 12.7 Å². The van der Waals surface area contributed by atoms with Crippen LogP contribution < -0.4 is 4.57 Å². The number of fused-ring (bicyclic) bond motifs is 3. The largest absolute Gasteiger partial charge is 0.239 e. The molecule has 0 aliphatic carbocycles. The molecule has 0 saturated carbocycles. The third kappa shape index (κ3) is 3.68. The molecule has 166 valence electrons. The lowest BCUT2D eigenvalue weighted by molar-refractivity contribution is -0.698. The Morgan fingerprint density at radius 3 is 2.15 bits per heavy atom. The van der Waals surface area contributed by atoms with Crippen molar-refractivity contribution in [1.82, 2.24) is 4.98 Å². The molecular formula is C31H33N2+. The maximum Gasteiger partial charge on any atom is 0.239 e. The summed E-state index contributed by atoms with van der Waals surface area (Å²) in [6.07, 6.45) is 5.86. The molecule has 0 amide bonds. The fourth-order valence-electron chi connectivity index (χ4n) is 5.80. The lowest BCUT2D eigenvalue weighted by Gasteiger charge is -2.40. The van der Waals surface area contributed by atoms with Crippen molar-refractivity contribution < 1.29 is 4.57 Å². The van der Waals surface area contributed by atoms with E-state index >= 15 is 0 Å². The first-order chi connectivity index (χ1) is 16.2. The summed E-state index contributed by atoms with van der Waals surface area (Å²) in [5, 5.41) is 0. The van der Waals surface area contributed by atoms with Gasteiger partial charge in [-0.25, -0.2) is 4.98 Å². The standard InChI is InChI=1S/C31H33N2/c1-4-14-23(3)31(5-2)22-33-21-28(24-15-8-6-9-16-24)32-29(25-17-10-7-11-18-25)30(33)26-19-12-13-20-27(26)31/h6-13,15-21,23H,4-5,14,22H2,1-3H3/q+1. The van der Waals surface area contributed by atoms with Gasteiger partial charge in [0.1, 0.15) is 11.4 Å². The molecule has 0 saturated heterocycles. The van der Waals surface area contributed by atoms with E-state index in [1.54, 1.807) is 0 Å². The molecular weight excluding hydrogens is 400 g/mol. The smallest absolute Gasteiger partial charge is 0.234 e. The zero-order chi connectivity index (χ0) is 22.8. The second kappa shape index (κ2) is 8.94. The van der Waals surface area contributed by atoms with Crippen molar-refractivity contribution in [1.29, 1.82) is 0 Å². The van der Waals surface area contributed by atoms with Crippen molar-refractivity contribution in [2.75, 3.05) is 0 Å². The van der Waals surface area contributed by atoms with Gasteiger partial charge < -0.3 is 0 Å². The van der Waals surface area contributed by atoms with Crippen molar-refractivity contribution in [2.45, 2.75) is 52.0 Å². The maximum absolute atomic E-state index is 5.26. The van der Waals surface area contributed by atoms with Crippen LogP contribution in [-0.4, -0.2) is 4.98 Å². The Balaban J connectivity index is 1.81. The van der Waals surface area contributed by atoms with E-state index in [-0.39, 0.29) is 5.41 Å². The Hall–Kier alpha value is -3.26. The van der Waals surface area contributed by atoms with E-state index in [0.717, 1.165) is 29.9 Å². The number of hydrogen-bond donors (Lipinski definition) is 0. The predicted molar refractivity (Wildman–Crippen MR) is 137 cm³/mol. The van der Waals surface area contributed by atoms with Crippen LogP contribution in [0.2, 0.25) is 0 Å². The van der Waals surface area contributed by atoms with Crippen molar-refractivity contribution in [3.63, 3.8) is 0 Å². The number of nitrogens with zero attached hydrogens (tertiary/aromatic N) is 2. The normalized spacial score (nSPS) is 17.8. The average Bonchev–Trinajstić information content (AvgIpc) is 2.88. The van der Waals surface area contributed by atoms with Crippen molar-refractivity contribution in [3.05, 3.63) is 96.7 Å². The summed E-state index contributed by atoms with van der Waals surface area (Å²) in [5.74, 6) is 0.600. The molecule has 3 aromatic carbocycles. The summed E-state index contributed by atoms with van der Waals surface area (Å²) in [7, 11) is 0. The van der Waals surface area contributed by atoms with Crippen LogP contribution in [0.4, 0.5) is 0 Å². The summed E-state index contributed by atoms with van der Waals surface area (Å²) >= 11 is 0. The quantitative estimate of drug-likeness (QED) is 0.288. The number of hydrogen-bond acceptors (Lipinski definition) is 1. The van der Waals surface area contributed by atoms with Crippen molar-refractivity contribution >= 4 is 0 Å². The van der Waals surface area contributed by atoms with E-state index in [1.807, 2.05) is 0 Å². The molecule has 0 fully saturated rings. The zero-order valence-electron chi connectivity index (χ0n) is 20.0. The Morgan fingerprint density at radius 2 is 1.48 bits per heavy atom. The van der Waals surface area contributed by atoms with Gasteiger partial charge in [0.05, 0.1) is 11.0 Å². The fourth-order valence-corrected chi connectivity index (χ4v) is 5.80. The second-order valence-corrected chi connectivity index (χ2v) is 9.43. The summed E-state index contributed by atoms with van der Waals surface area (Å²) in [6.45, 7) is 8.11. The summed E-state index contributed by atoms with van der Waals surface area (Å²) in [4.78, 5) is 5.26. The minimum atomic E-state index is 0.119. The second-order valence-electron chi connectivity index (χ2n) is 9.43. The van der Waals surface area contributed by atoms with E-state index < -0.39 is 0 Å². The molecule has 2 unspecified atom stereocenters. The minimum absolute atomic E-state index is 0.119. The van der Waals surface area contributed by atoms with E-state index in [1.165, 1.54) is 35.2 Å². The highest BCUT2D eigenvalue weighted by molar-refractivity contribution is 5.80. The van der Waals surface area contributed by atoms with Gasteiger partial charge in [-0.05, 0) is 30.4 Å². The first-order valence-electron chi connectivity index (χ1n) is 12.3. The van der Waals surface area contributed by atoms with Gasteiger partial charge in [0.2, 0.25) is 5.69 Å². The lowest BCUT2D eigenvalue weighted by atomic mass is 9.64. The molecule has 0 radical (unpaired) electrons. The topological polar surface area (TPSA) is 16.8 Å². The van der Waals surface area contributed by atoms with Crippen LogP contribution in [0, 0.1) is 5.92 Å². The molecule has 0 N–H and O–H groups in total. The van der Waals surface area contributed by atoms with Crippen LogP contribution in [0.1, 0.15) is 45.6 Å². The van der Waals surface area contributed by atoms with Gasteiger partial charge in [0.25, 0.3) is 0 Å². The summed E-state index contributed by atoms with van der Waals surface area (Å²) in [5.41, 5.74) is 8.60. The monoisotopic (exact) mass is 433 g/mol. The molecule has 0 bridgehead atoms. The Kier molecular flexibility index (Phi) is 5.85. The Labute approximate surface area is 198 Å². The van der Waals surface area contributed by atoms with Crippen LogP contribution in [0.3, 0.4) is 0 Å². The molecule has 0 spiro atoms. The number of rotatable bonds is 6. The number of aromatic nitrogens is 2. The Bertz CT molecular complexity index is 1250. The SMILES string of the molecule is CCCC(C)C1(CC)C[n+]2cc(-c3ccccc3)nc(-c3ccccc3)c2-c2ccccc21. The highest BCUT2D eigenvalue weighted by atomic mass is 15.0. The molecule has 2 atom stereocenters. The first kappa shape index (κ1) is 21.6. The molecule has 1 aromatic heterocycles. The van der Waals surface area contributed by atoms with E-state index in [9.17, 15) is 0 Å². The van der Waals surface area contributed by atoms with E-state index in [0.29, 0.717) is 5.92 Å².